The molecule has 0 radical (unpaired) electrons. The summed E-state index contributed by atoms with van der Waals surface area (Å²) in [5, 5.41) is 15.2. The molecule has 2 N–H and O–H groups in total. The van der Waals surface area contributed by atoms with Gasteiger partial charge >= 0.3 is 24.0 Å². The molecule has 1 aromatic heterocycles. The predicted octanol–water partition coefficient (Wildman–Crippen LogP) is 1.01. The van der Waals surface area contributed by atoms with Gasteiger partial charge in [0.25, 0.3) is 0 Å². The molecular weight excluding hydrogens is 223 g/mol. The minimum atomic E-state index is -5.08. The van der Waals surface area contributed by atoms with E-state index in [1.807, 2.05) is 0 Å². The van der Waals surface area contributed by atoms with Crippen LogP contribution in [0.1, 0.15) is 10.7 Å². The quantitative estimate of drug-likeness (QED) is 0.742. The Labute approximate surface area is 80.0 Å². The number of aromatic nitrogens is 1. The third-order valence-corrected chi connectivity index (χ3v) is 0.858. The van der Waals surface area contributed by atoms with E-state index in [1.54, 1.807) is 0 Å². The Bertz CT molecular complexity index is 331. The molecule has 84 valence electrons. The van der Waals surface area contributed by atoms with E-state index in [2.05, 4.69) is 9.40 Å². The summed E-state index contributed by atoms with van der Waals surface area (Å²) in [6.07, 6.45) is -2.59. The minimum absolute atomic E-state index is 0.273. The van der Waals surface area contributed by atoms with Crippen LogP contribution >= 0.6 is 0 Å². The van der Waals surface area contributed by atoms with E-state index >= 15 is 0 Å². The number of aromatic carboxylic acids is 1. The Morgan fingerprint density at radius 3 is 1.93 bits per heavy atom. The molecule has 0 spiro atoms. The van der Waals surface area contributed by atoms with E-state index in [0.717, 1.165) is 0 Å². The van der Waals surface area contributed by atoms with Crippen molar-refractivity contribution >= 4 is 11.9 Å². The Balaban J connectivity index is 0.000000265. The standard InChI is InChI=1S/C4H3NO3.C2HF3O2/c6-4(7)3-5-1-2-8-3;3-2(4,5)1(6)7/h1-2H,(H,6,7);(H,6,7). The molecule has 9 heteroatoms. The van der Waals surface area contributed by atoms with Gasteiger partial charge in [-0.3, -0.25) is 0 Å². The van der Waals surface area contributed by atoms with Gasteiger partial charge in [0, 0.05) is 0 Å². The number of rotatable bonds is 1. The summed E-state index contributed by atoms with van der Waals surface area (Å²) < 4.78 is 36.1. The molecule has 0 fully saturated rings. The van der Waals surface area contributed by atoms with E-state index in [9.17, 15) is 18.0 Å². The van der Waals surface area contributed by atoms with Crippen LogP contribution in [0, 0.1) is 0 Å². The summed E-state index contributed by atoms with van der Waals surface area (Å²) in [5.41, 5.74) is 0. The number of hydrogen-bond acceptors (Lipinski definition) is 4. The Morgan fingerprint density at radius 2 is 1.80 bits per heavy atom. The lowest BCUT2D eigenvalue weighted by Crippen LogP contribution is -2.21. The van der Waals surface area contributed by atoms with Gasteiger partial charge in [-0.25, -0.2) is 14.6 Å². The van der Waals surface area contributed by atoms with Gasteiger partial charge in [-0.05, 0) is 0 Å². The first-order valence-corrected chi connectivity index (χ1v) is 3.18. The van der Waals surface area contributed by atoms with Gasteiger partial charge in [0.05, 0.1) is 6.20 Å². The van der Waals surface area contributed by atoms with E-state index < -0.39 is 18.1 Å². The van der Waals surface area contributed by atoms with E-state index in [1.165, 1.54) is 12.5 Å². The normalized spacial score (nSPS) is 10.1. The molecule has 15 heavy (non-hydrogen) atoms. The highest BCUT2D eigenvalue weighted by Gasteiger charge is 2.38. The molecule has 1 heterocycles. The molecule has 0 amide bonds. The van der Waals surface area contributed by atoms with Crippen LogP contribution in [-0.4, -0.2) is 33.3 Å². The summed E-state index contributed by atoms with van der Waals surface area (Å²) in [5.74, 6) is -4.17. The van der Waals surface area contributed by atoms with Crippen molar-refractivity contribution in [3.8, 4) is 0 Å². The first kappa shape index (κ1) is 12.9. The lowest BCUT2D eigenvalue weighted by Gasteiger charge is -1.93. The third kappa shape index (κ3) is 5.29. The van der Waals surface area contributed by atoms with Gasteiger partial charge in [-0.1, -0.05) is 0 Å². The van der Waals surface area contributed by atoms with Crippen molar-refractivity contribution in [2.45, 2.75) is 6.18 Å². The lowest BCUT2D eigenvalue weighted by molar-refractivity contribution is -0.192. The van der Waals surface area contributed by atoms with Crippen LogP contribution in [-0.2, 0) is 4.79 Å². The maximum atomic E-state index is 10.6. The fourth-order valence-electron chi connectivity index (χ4n) is 0.329. The molecule has 6 nitrogen and oxygen atoms in total. The number of carboxylic acid groups (broad SMARTS) is 2. The van der Waals surface area contributed by atoms with Crippen molar-refractivity contribution in [3.63, 3.8) is 0 Å². The van der Waals surface area contributed by atoms with Crippen LogP contribution < -0.4 is 0 Å². The average Bonchev–Trinajstić information content (AvgIpc) is 2.54. The molecule has 0 saturated heterocycles. The molecule has 1 aromatic rings. The Hall–Kier alpha value is -2.06. The number of hydrogen-bond donors (Lipinski definition) is 2. The van der Waals surface area contributed by atoms with Gasteiger partial charge in [0.2, 0.25) is 0 Å². The van der Waals surface area contributed by atoms with Crippen molar-refractivity contribution in [1.29, 1.82) is 0 Å². The summed E-state index contributed by atoms with van der Waals surface area (Å²) in [7, 11) is 0. The van der Waals surface area contributed by atoms with Crippen molar-refractivity contribution in [1.82, 2.24) is 4.98 Å². The molecular formula is C6H4F3NO5. The number of oxazole rings is 1. The number of carboxylic acids is 2. The zero-order chi connectivity index (χ0) is 12.1. The zero-order valence-corrected chi connectivity index (χ0v) is 6.85. The number of carbonyl (C=O) groups is 2. The van der Waals surface area contributed by atoms with E-state index in [0.29, 0.717) is 0 Å². The van der Waals surface area contributed by atoms with Crippen molar-refractivity contribution < 1.29 is 37.4 Å². The highest BCUT2D eigenvalue weighted by molar-refractivity contribution is 5.81. The molecule has 0 atom stereocenters. The van der Waals surface area contributed by atoms with Crippen LogP contribution in [0.4, 0.5) is 13.2 Å². The van der Waals surface area contributed by atoms with Crippen molar-refractivity contribution in [2.24, 2.45) is 0 Å². The molecule has 0 aliphatic carbocycles. The first-order chi connectivity index (χ1) is 6.75. The smallest absolute Gasteiger partial charge is 0.475 e. The maximum absolute atomic E-state index is 10.6. The van der Waals surface area contributed by atoms with Crippen molar-refractivity contribution in [3.05, 3.63) is 18.4 Å². The summed E-state index contributed by atoms with van der Waals surface area (Å²) >= 11 is 0. The summed E-state index contributed by atoms with van der Waals surface area (Å²) in [6, 6.07) is 0. The lowest BCUT2D eigenvalue weighted by atomic mass is 10.7. The van der Waals surface area contributed by atoms with Crippen LogP contribution in [0.3, 0.4) is 0 Å². The molecule has 0 aliphatic heterocycles. The SMILES string of the molecule is O=C(O)C(F)(F)F.O=C(O)c1ncco1. The number of halogens is 3. The maximum Gasteiger partial charge on any atom is 0.490 e. The fourth-order valence-corrected chi connectivity index (χ4v) is 0.329. The number of aliphatic carboxylic acids is 1. The van der Waals surface area contributed by atoms with Crippen LogP contribution in [0.15, 0.2) is 16.9 Å². The van der Waals surface area contributed by atoms with Gasteiger partial charge in [0.15, 0.2) is 0 Å². The minimum Gasteiger partial charge on any atom is -0.475 e. The molecule has 0 aliphatic rings. The van der Waals surface area contributed by atoms with Gasteiger partial charge in [-0.15, -0.1) is 0 Å². The molecule has 0 unspecified atom stereocenters. The molecule has 0 bridgehead atoms. The van der Waals surface area contributed by atoms with Gasteiger partial charge in [-0.2, -0.15) is 13.2 Å². The number of alkyl halides is 3. The van der Waals surface area contributed by atoms with Crippen LogP contribution in [0.5, 0.6) is 0 Å². The van der Waals surface area contributed by atoms with E-state index in [-0.39, 0.29) is 5.89 Å². The summed E-state index contributed by atoms with van der Waals surface area (Å²) in [6.45, 7) is 0. The van der Waals surface area contributed by atoms with Gasteiger partial charge < -0.3 is 14.6 Å². The monoisotopic (exact) mass is 227 g/mol. The first-order valence-electron chi connectivity index (χ1n) is 3.18. The predicted molar refractivity (Wildman–Crippen MR) is 37.2 cm³/mol. The average molecular weight is 227 g/mol. The highest BCUT2D eigenvalue weighted by Crippen LogP contribution is 2.13. The largest absolute Gasteiger partial charge is 0.490 e. The molecule has 0 saturated carbocycles. The Kier molecular flexibility index (Phi) is 4.30. The van der Waals surface area contributed by atoms with Crippen LogP contribution in [0.25, 0.3) is 0 Å². The number of nitrogens with zero attached hydrogens (tertiary/aromatic N) is 1. The zero-order valence-electron chi connectivity index (χ0n) is 6.85. The summed E-state index contributed by atoms with van der Waals surface area (Å²) in [4.78, 5) is 22.2. The van der Waals surface area contributed by atoms with Crippen LogP contribution in [0.2, 0.25) is 0 Å². The second-order valence-electron chi connectivity index (χ2n) is 1.95. The van der Waals surface area contributed by atoms with Gasteiger partial charge in [0.1, 0.15) is 6.26 Å². The molecule has 0 aromatic carbocycles. The highest BCUT2D eigenvalue weighted by atomic mass is 19.4. The Morgan fingerprint density at radius 1 is 1.33 bits per heavy atom. The van der Waals surface area contributed by atoms with Crippen molar-refractivity contribution in [2.75, 3.05) is 0 Å². The topological polar surface area (TPSA) is 101 Å². The van der Waals surface area contributed by atoms with E-state index in [4.69, 9.17) is 15.0 Å². The fraction of sp³-hybridized carbons (Fsp3) is 0.167. The second kappa shape index (κ2) is 4.98. The second-order valence-corrected chi connectivity index (χ2v) is 1.95. The molecule has 1 rings (SSSR count). The third-order valence-electron chi connectivity index (χ3n) is 0.858.